The van der Waals surface area contributed by atoms with Crippen LogP contribution in [0.5, 0.6) is 5.75 Å². The van der Waals surface area contributed by atoms with Gasteiger partial charge in [0.15, 0.2) is 0 Å². The summed E-state index contributed by atoms with van der Waals surface area (Å²) in [6, 6.07) is 5.29. The summed E-state index contributed by atoms with van der Waals surface area (Å²) in [5.41, 5.74) is 6.81. The van der Waals surface area contributed by atoms with Crippen LogP contribution in [0.25, 0.3) is 0 Å². The van der Waals surface area contributed by atoms with E-state index in [0.717, 1.165) is 12.0 Å². The number of benzene rings is 1. The van der Waals surface area contributed by atoms with E-state index >= 15 is 0 Å². The molecule has 100 valence electrons. The Labute approximate surface area is 106 Å². The first-order chi connectivity index (χ1) is 8.69. The van der Waals surface area contributed by atoms with E-state index in [1.165, 1.54) is 0 Å². The first kappa shape index (κ1) is 14.4. The average molecular weight is 254 g/mol. The number of rotatable bonds is 7. The Morgan fingerprint density at radius 1 is 1.50 bits per heavy atom. The number of hydrogen-bond donors (Lipinski definition) is 2. The van der Waals surface area contributed by atoms with Crippen molar-refractivity contribution in [3.05, 3.63) is 29.3 Å². The monoisotopic (exact) mass is 254 g/mol. The number of ether oxygens (including phenoxy) is 1. The maximum atomic E-state index is 12.0. The summed E-state index contributed by atoms with van der Waals surface area (Å²) in [5, 5.41) is 2.48. The number of carbonyl (C=O) groups is 1. The zero-order chi connectivity index (χ0) is 13.4. The lowest BCUT2D eigenvalue weighted by molar-refractivity contribution is 0.0946. The zero-order valence-corrected chi connectivity index (χ0v) is 10.5. The molecule has 0 atom stereocenters. The van der Waals surface area contributed by atoms with Gasteiger partial charge in [0.05, 0.1) is 12.2 Å². The number of alkyl halides is 1. The quantitative estimate of drug-likeness (QED) is 0.723. The molecule has 1 aromatic carbocycles. The maximum absolute atomic E-state index is 12.0. The lowest BCUT2D eigenvalue weighted by atomic mass is 10.1. The molecule has 18 heavy (non-hydrogen) atoms. The van der Waals surface area contributed by atoms with Crippen molar-refractivity contribution in [2.75, 3.05) is 26.4 Å². The molecule has 0 aliphatic carbocycles. The second-order valence-electron chi connectivity index (χ2n) is 3.94. The van der Waals surface area contributed by atoms with E-state index in [-0.39, 0.29) is 12.5 Å². The number of amides is 1. The van der Waals surface area contributed by atoms with E-state index in [0.29, 0.717) is 24.5 Å². The molecule has 1 amide bonds. The Balaban J connectivity index is 2.78. The minimum atomic E-state index is -0.582. The van der Waals surface area contributed by atoms with Crippen LogP contribution in [0.1, 0.15) is 22.3 Å². The summed E-state index contributed by atoms with van der Waals surface area (Å²) < 4.78 is 17.5. The van der Waals surface area contributed by atoms with E-state index in [1.807, 2.05) is 13.0 Å². The van der Waals surface area contributed by atoms with E-state index in [4.69, 9.17) is 10.5 Å². The van der Waals surface area contributed by atoms with Gasteiger partial charge < -0.3 is 15.8 Å². The molecule has 0 saturated carbocycles. The maximum Gasteiger partial charge on any atom is 0.255 e. The van der Waals surface area contributed by atoms with Crippen LogP contribution in [-0.4, -0.2) is 32.3 Å². The molecule has 0 fully saturated rings. The van der Waals surface area contributed by atoms with Gasteiger partial charge in [0, 0.05) is 6.54 Å². The van der Waals surface area contributed by atoms with Crippen molar-refractivity contribution in [1.82, 2.24) is 5.32 Å². The lowest BCUT2D eigenvalue weighted by Crippen LogP contribution is -2.26. The Morgan fingerprint density at radius 3 is 2.94 bits per heavy atom. The van der Waals surface area contributed by atoms with Gasteiger partial charge in [-0.15, -0.1) is 0 Å². The van der Waals surface area contributed by atoms with Gasteiger partial charge in [-0.25, -0.2) is 4.39 Å². The summed E-state index contributed by atoms with van der Waals surface area (Å²) in [5.74, 6) is 0.190. The molecule has 3 N–H and O–H groups in total. The summed E-state index contributed by atoms with van der Waals surface area (Å²) in [6.07, 6.45) is 0.722. The van der Waals surface area contributed by atoms with Crippen LogP contribution >= 0.6 is 0 Å². The van der Waals surface area contributed by atoms with Crippen LogP contribution in [-0.2, 0) is 0 Å². The molecule has 0 aliphatic heterocycles. The van der Waals surface area contributed by atoms with Gasteiger partial charge in [-0.05, 0) is 37.6 Å². The molecule has 4 nitrogen and oxygen atoms in total. The third-order valence-electron chi connectivity index (χ3n) is 2.37. The first-order valence-corrected chi connectivity index (χ1v) is 5.96. The lowest BCUT2D eigenvalue weighted by Gasteiger charge is -2.12. The smallest absolute Gasteiger partial charge is 0.255 e. The third kappa shape index (κ3) is 4.33. The molecular formula is C13H19FN2O2. The van der Waals surface area contributed by atoms with Crippen LogP contribution < -0.4 is 15.8 Å². The topological polar surface area (TPSA) is 64.3 Å². The highest BCUT2D eigenvalue weighted by Crippen LogP contribution is 2.20. The van der Waals surface area contributed by atoms with Gasteiger partial charge in [0.2, 0.25) is 0 Å². The molecule has 0 heterocycles. The zero-order valence-electron chi connectivity index (χ0n) is 10.5. The molecule has 0 aromatic heterocycles. The van der Waals surface area contributed by atoms with Gasteiger partial charge in [0.1, 0.15) is 12.4 Å². The number of carbonyl (C=O) groups excluding carboxylic acids is 1. The van der Waals surface area contributed by atoms with Crippen molar-refractivity contribution >= 4 is 5.91 Å². The summed E-state index contributed by atoms with van der Waals surface area (Å²) in [7, 11) is 0. The summed E-state index contributed by atoms with van der Waals surface area (Å²) >= 11 is 0. The fourth-order valence-corrected chi connectivity index (χ4v) is 1.46. The van der Waals surface area contributed by atoms with E-state index in [9.17, 15) is 9.18 Å². The SMILES string of the molecule is Cc1ccc(C(=O)NCCF)c(OCCCN)c1. The van der Waals surface area contributed by atoms with Crippen LogP contribution in [0.2, 0.25) is 0 Å². The third-order valence-corrected chi connectivity index (χ3v) is 2.37. The van der Waals surface area contributed by atoms with Crippen molar-refractivity contribution in [1.29, 1.82) is 0 Å². The van der Waals surface area contributed by atoms with E-state index < -0.39 is 6.67 Å². The number of nitrogens with one attached hydrogen (secondary N) is 1. The normalized spacial score (nSPS) is 10.2. The largest absolute Gasteiger partial charge is 0.493 e. The van der Waals surface area contributed by atoms with Crippen molar-refractivity contribution in [3.63, 3.8) is 0 Å². The van der Waals surface area contributed by atoms with Crippen molar-refractivity contribution in [3.8, 4) is 5.75 Å². The molecule has 0 bridgehead atoms. The van der Waals surface area contributed by atoms with Gasteiger partial charge in [-0.3, -0.25) is 4.79 Å². The predicted molar refractivity (Wildman–Crippen MR) is 68.7 cm³/mol. The second kappa shape index (κ2) is 7.66. The van der Waals surface area contributed by atoms with Crippen LogP contribution in [0.3, 0.4) is 0 Å². The molecule has 0 aliphatic rings. The van der Waals surface area contributed by atoms with Crippen LogP contribution in [0.15, 0.2) is 18.2 Å². The molecule has 0 unspecified atom stereocenters. The van der Waals surface area contributed by atoms with E-state index in [2.05, 4.69) is 5.32 Å². The molecule has 5 heteroatoms. The summed E-state index contributed by atoms with van der Waals surface area (Å²) in [4.78, 5) is 11.8. The predicted octanol–water partition coefficient (Wildman–Crippen LogP) is 1.42. The Bertz CT molecular complexity index is 397. The van der Waals surface area contributed by atoms with E-state index in [1.54, 1.807) is 12.1 Å². The average Bonchev–Trinajstić information content (AvgIpc) is 2.36. The highest BCUT2D eigenvalue weighted by molar-refractivity contribution is 5.97. The van der Waals surface area contributed by atoms with Gasteiger partial charge >= 0.3 is 0 Å². The minimum absolute atomic E-state index is 0.00888. The van der Waals surface area contributed by atoms with Crippen molar-refractivity contribution < 1.29 is 13.9 Å². The number of aryl methyl sites for hydroxylation is 1. The molecule has 0 radical (unpaired) electrons. The number of nitrogens with two attached hydrogens (primary N) is 1. The van der Waals surface area contributed by atoms with Crippen LogP contribution in [0.4, 0.5) is 4.39 Å². The Kier molecular flexibility index (Phi) is 6.14. The standard InChI is InChI=1S/C13H19FN2O2/c1-10-3-4-11(13(17)16-7-5-14)12(9-10)18-8-2-6-15/h3-4,9H,2,5-8,15H2,1H3,(H,16,17). The van der Waals surface area contributed by atoms with Gasteiger partial charge in [-0.1, -0.05) is 6.07 Å². The molecule has 1 rings (SSSR count). The first-order valence-electron chi connectivity index (χ1n) is 5.96. The van der Waals surface area contributed by atoms with Gasteiger partial charge in [-0.2, -0.15) is 0 Å². The summed E-state index contributed by atoms with van der Waals surface area (Å²) in [6.45, 7) is 2.34. The van der Waals surface area contributed by atoms with Crippen LogP contribution in [0, 0.1) is 6.92 Å². The molecule has 1 aromatic rings. The fourth-order valence-electron chi connectivity index (χ4n) is 1.46. The second-order valence-corrected chi connectivity index (χ2v) is 3.94. The molecule has 0 saturated heterocycles. The van der Waals surface area contributed by atoms with Crippen molar-refractivity contribution in [2.45, 2.75) is 13.3 Å². The van der Waals surface area contributed by atoms with Gasteiger partial charge in [0.25, 0.3) is 5.91 Å². The minimum Gasteiger partial charge on any atom is -0.493 e. The molecule has 0 spiro atoms. The molecular weight excluding hydrogens is 235 g/mol. The Morgan fingerprint density at radius 2 is 2.28 bits per heavy atom. The fraction of sp³-hybridized carbons (Fsp3) is 0.462. The highest BCUT2D eigenvalue weighted by Gasteiger charge is 2.12. The number of hydrogen-bond acceptors (Lipinski definition) is 3. The number of halogens is 1. The highest BCUT2D eigenvalue weighted by atomic mass is 19.1. The van der Waals surface area contributed by atoms with Crippen molar-refractivity contribution in [2.24, 2.45) is 5.73 Å². The Hall–Kier alpha value is -1.62.